The molecule has 0 fully saturated rings. The summed E-state index contributed by atoms with van der Waals surface area (Å²) in [4.78, 5) is 24.8. The van der Waals surface area contributed by atoms with Gasteiger partial charge in [0.25, 0.3) is 0 Å². The van der Waals surface area contributed by atoms with E-state index in [9.17, 15) is 9.59 Å². The third kappa shape index (κ3) is 4.95. The number of carbonyl (C=O) groups excluding carboxylic acids is 1. The van der Waals surface area contributed by atoms with Gasteiger partial charge in [-0.15, -0.1) is 11.3 Å². The summed E-state index contributed by atoms with van der Waals surface area (Å²) < 4.78 is 1.94. The molecule has 1 N–H and O–H groups in total. The largest absolute Gasteiger partial charge is 0.481 e. The van der Waals surface area contributed by atoms with Crippen LogP contribution in [0.5, 0.6) is 0 Å². The summed E-state index contributed by atoms with van der Waals surface area (Å²) in [5.41, 5.74) is 5.45. The molecule has 5 heteroatoms. The number of allylic oxidation sites excluding steroid dienone is 1. The van der Waals surface area contributed by atoms with Gasteiger partial charge in [0.05, 0.1) is 12.1 Å². The smallest absolute Gasteiger partial charge is 0.308 e. The fraction of sp³-hybridized carbons (Fsp3) is 0.111. The molecular formula is C27H23NO3S. The average Bonchev–Trinajstić information content (AvgIpc) is 3.43. The van der Waals surface area contributed by atoms with Crippen LogP contribution in [0.3, 0.4) is 0 Å². The number of thiophene rings is 1. The van der Waals surface area contributed by atoms with Crippen molar-refractivity contribution in [3.8, 4) is 11.1 Å². The number of hydrogen-bond donors (Lipinski definition) is 1. The van der Waals surface area contributed by atoms with E-state index >= 15 is 0 Å². The van der Waals surface area contributed by atoms with Gasteiger partial charge in [0.15, 0.2) is 0 Å². The fourth-order valence-corrected chi connectivity index (χ4v) is 4.50. The number of aryl methyl sites for hydroxylation is 1. The highest BCUT2D eigenvalue weighted by atomic mass is 32.1. The van der Waals surface area contributed by atoms with E-state index in [2.05, 4.69) is 6.07 Å². The number of carboxylic acid groups (broad SMARTS) is 1. The molecule has 4 aromatic rings. The molecule has 0 spiro atoms. The van der Waals surface area contributed by atoms with Gasteiger partial charge in [-0.25, -0.2) is 0 Å². The Morgan fingerprint density at radius 2 is 1.84 bits per heavy atom. The first-order valence-corrected chi connectivity index (χ1v) is 11.2. The Hall–Kier alpha value is -3.70. The molecular weight excluding hydrogens is 418 g/mol. The lowest BCUT2D eigenvalue weighted by Gasteiger charge is -2.07. The number of rotatable bonds is 8. The average molecular weight is 442 g/mol. The Morgan fingerprint density at radius 1 is 1.03 bits per heavy atom. The van der Waals surface area contributed by atoms with E-state index in [4.69, 9.17) is 5.11 Å². The maximum absolute atomic E-state index is 12.9. The van der Waals surface area contributed by atoms with Crippen LogP contribution >= 0.6 is 11.3 Å². The van der Waals surface area contributed by atoms with E-state index in [0.29, 0.717) is 17.8 Å². The molecule has 0 amide bonds. The topological polar surface area (TPSA) is 59.3 Å². The summed E-state index contributed by atoms with van der Waals surface area (Å²) in [6.07, 6.45) is 5.98. The molecule has 0 aliphatic rings. The van der Waals surface area contributed by atoms with E-state index in [-0.39, 0.29) is 12.2 Å². The summed E-state index contributed by atoms with van der Waals surface area (Å²) >= 11 is 1.46. The van der Waals surface area contributed by atoms with Gasteiger partial charge >= 0.3 is 5.97 Å². The van der Waals surface area contributed by atoms with Crippen molar-refractivity contribution in [1.82, 2.24) is 4.57 Å². The molecule has 0 unspecified atom stereocenters. The van der Waals surface area contributed by atoms with Crippen LogP contribution in [0.4, 0.5) is 0 Å². The lowest BCUT2D eigenvalue weighted by Crippen LogP contribution is -2.09. The molecule has 0 aliphatic carbocycles. The summed E-state index contributed by atoms with van der Waals surface area (Å²) in [6.45, 7) is 2.58. The highest BCUT2D eigenvalue weighted by Crippen LogP contribution is 2.29. The Labute approximate surface area is 191 Å². The van der Waals surface area contributed by atoms with Gasteiger partial charge in [0.1, 0.15) is 0 Å². The van der Waals surface area contributed by atoms with E-state index in [0.717, 1.165) is 27.1 Å². The summed E-state index contributed by atoms with van der Waals surface area (Å²) in [5.74, 6) is -0.818. The zero-order chi connectivity index (χ0) is 22.5. The Balaban J connectivity index is 1.49. The minimum atomic E-state index is -0.826. The van der Waals surface area contributed by atoms with Crippen LogP contribution in [-0.4, -0.2) is 21.4 Å². The maximum atomic E-state index is 12.9. The van der Waals surface area contributed by atoms with E-state index in [1.807, 2.05) is 95.9 Å². The predicted octanol–water partition coefficient (Wildman–Crippen LogP) is 6.10. The van der Waals surface area contributed by atoms with Crippen molar-refractivity contribution in [3.05, 3.63) is 112 Å². The fourth-order valence-electron chi connectivity index (χ4n) is 3.62. The zero-order valence-corrected chi connectivity index (χ0v) is 18.5. The molecule has 2 heterocycles. The predicted molar refractivity (Wildman–Crippen MR) is 129 cm³/mol. The molecule has 4 nitrogen and oxygen atoms in total. The van der Waals surface area contributed by atoms with Crippen LogP contribution in [0.15, 0.2) is 84.4 Å². The van der Waals surface area contributed by atoms with Crippen LogP contribution < -0.4 is 0 Å². The molecule has 0 aliphatic heterocycles. The van der Waals surface area contributed by atoms with Crippen molar-refractivity contribution in [2.75, 3.05) is 0 Å². The molecule has 2 aromatic heterocycles. The second-order valence-corrected chi connectivity index (χ2v) is 8.60. The van der Waals surface area contributed by atoms with Crippen LogP contribution in [-0.2, 0) is 17.8 Å². The zero-order valence-electron chi connectivity index (χ0n) is 17.7. The van der Waals surface area contributed by atoms with Crippen LogP contribution in [0, 0.1) is 6.92 Å². The van der Waals surface area contributed by atoms with Crippen molar-refractivity contribution in [3.63, 3.8) is 0 Å². The number of aromatic nitrogens is 1. The SMILES string of the molecule is Cc1ccc(C(=O)c2cccn2C/C=C/c2cccc(-c3ccsc3CC(=O)O)c2)cc1. The molecule has 0 bridgehead atoms. The van der Waals surface area contributed by atoms with Crippen molar-refractivity contribution in [2.45, 2.75) is 19.9 Å². The molecule has 2 aromatic carbocycles. The first-order valence-electron chi connectivity index (χ1n) is 10.3. The lowest BCUT2D eigenvalue weighted by molar-refractivity contribution is -0.136. The Kier molecular flexibility index (Phi) is 6.47. The number of aliphatic carboxylic acids is 1. The first kappa shape index (κ1) is 21.5. The van der Waals surface area contributed by atoms with Crippen molar-refractivity contribution in [1.29, 1.82) is 0 Å². The van der Waals surface area contributed by atoms with Crippen LogP contribution in [0.2, 0.25) is 0 Å². The maximum Gasteiger partial charge on any atom is 0.308 e. The van der Waals surface area contributed by atoms with E-state index in [1.54, 1.807) is 0 Å². The molecule has 0 atom stereocenters. The van der Waals surface area contributed by atoms with Gasteiger partial charge in [-0.1, -0.05) is 60.2 Å². The normalized spacial score (nSPS) is 11.2. The van der Waals surface area contributed by atoms with Crippen LogP contribution in [0.25, 0.3) is 17.2 Å². The minimum Gasteiger partial charge on any atom is -0.481 e. The standard InChI is InChI=1S/C27H23NO3S/c1-19-9-11-21(12-10-19)27(31)24-8-4-15-28(24)14-3-6-20-5-2-7-22(17-20)23-13-16-32-25(23)18-26(29)30/h2-13,15-17H,14,18H2,1H3,(H,29,30)/b6-3+. The van der Waals surface area contributed by atoms with Gasteiger partial charge in [0.2, 0.25) is 5.78 Å². The number of ketones is 1. The minimum absolute atomic E-state index is 0.00816. The quantitative estimate of drug-likeness (QED) is 0.336. The van der Waals surface area contributed by atoms with E-state index < -0.39 is 5.97 Å². The molecule has 32 heavy (non-hydrogen) atoms. The third-order valence-corrected chi connectivity index (χ3v) is 6.16. The lowest BCUT2D eigenvalue weighted by atomic mass is 10.0. The summed E-state index contributed by atoms with van der Waals surface area (Å²) in [6, 6.07) is 21.3. The second-order valence-electron chi connectivity index (χ2n) is 7.60. The molecule has 0 saturated carbocycles. The summed E-state index contributed by atoms with van der Waals surface area (Å²) in [5, 5.41) is 11.1. The van der Waals surface area contributed by atoms with Gasteiger partial charge in [-0.2, -0.15) is 0 Å². The van der Waals surface area contributed by atoms with Crippen molar-refractivity contribution in [2.24, 2.45) is 0 Å². The number of carbonyl (C=O) groups is 2. The molecule has 4 rings (SSSR count). The van der Waals surface area contributed by atoms with Gasteiger partial charge in [-0.3, -0.25) is 9.59 Å². The highest BCUT2D eigenvalue weighted by Gasteiger charge is 2.13. The highest BCUT2D eigenvalue weighted by molar-refractivity contribution is 7.10. The monoisotopic (exact) mass is 441 g/mol. The summed E-state index contributed by atoms with van der Waals surface area (Å²) in [7, 11) is 0. The molecule has 160 valence electrons. The number of nitrogens with zero attached hydrogens (tertiary/aromatic N) is 1. The number of carboxylic acids is 1. The third-order valence-electron chi connectivity index (χ3n) is 5.24. The Bertz CT molecular complexity index is 1280. The van der Waals surface area contributed by atoms with Gasteiger partial charge in [-0.05, 0) is 53.3 Å². The Morgan fingerprint density at radius 3 is 2.62 bits per heavy atom. The van der Waals surface area contributed by atoms with Crippen molar-refractivity contribution >= 4 is 29.2 Å². The first-order chi connectivity index (χ1) is 15.5. The van der Waals surface area contributed by atoms with Crippen molar-refractivity contribution < 1.29 is 14.7 Å². The molecule has 0 saturated heterocycles. The van der Waals surface area contributed by atoms with E-state index in [1.165, 1.54) is 11.3 Å². The van der Waals surface area contributed by atoms with Crippen LogP contribution in [0.1, 0.15) is 32.1 Å². The second kappa shape index (κ2) is 9.62. The van der Waals surface area contributed by atoms with Gasteiger partial charge < -0.3 is 9.67 Å². The number of benzene rings is 2. The number of hydrogen-bond acceptors (Lipinski definition) is 3. The van der Waals surface area contributed by atoms with Gasteiger partial charge in [0, 0.05) is 23.2 Å². The molecule has 0 radical (unpaired) electrons.